The van der Waals surface area contributed by atoms with E-state index in [2.05, 4.69) is 5.32 Å². The Balaban J connectivity index is 2.01. The summed E-state index contributed by atoms with van der Waals surface area (Å²) in [6, 6.07) is 16.5. The molecular formula is C20H23NO3. The minimum atomic E-state index is -0.703. The van der Waals surface area contributed by atoms with Gasteiger partial charge in [0.15, 0.2) is 0 Å². The van der Waals surface area contributed by atoms with Gasteiger partial charge in [-0.25, -0.2) is 4.79 Å². The summed E-state index contributed by atoms with van der Waals surface area (Å²) < 4.78 is 5.26. The van der Waals surface area contributed by atoms with Gasteiger partial charge in [-0.3, -0.25) is 4.79 Å². The van der Waals surface area contributed by atoms with Crippen LogP contribution >= 0.6 is 0 Å². The average Bonchev–Trinajstić information content (AvgIpc) is 2.54. The standard InChI is InChI=1S/C20H23NO3/c1-14(19(23)24-20(2,3)4)21-18(22)17-12-10-16(11-13-17)15-8-6-5-7-9-15/h5-14H,1-4H3,(H,21,22). The molecule has 1 N–H and O–H groups in total. The first kappa shape index (κ1) is 17.7. The van der Waals surface area contributed by atoms with Crippen molar-refractivity contribution in [2.75, 3.05) is 0 Å². The van der Waals surface area contributed by atoms with E-state index in [9.17, 15) is 9.59 Å². The first-order valence-electron chi connectivity index (χ1n) is 7.95. The van der Waals surface area contributed by atoms with E-state index in [1.54, 1.807) is 39.8 Å². The van der Waals surface area contributed by atoms with E-state index < -0.39 is 17.6 Å². The zero-order valence-corrected chi connectivity index (χ0v) is 14.5. The van der Waals surface area contributed by atoms with E-state index in [1.807, 2.05) is 42.5 Å². The molecule has 2 aromatic carbocycles. The minimum absolute atomic E-state index is 0.298. The van der Waals surface area contributed by atoms with Gasteiger partial charge in [-0.05, 0) is 51.0 Å². The van der Waals surface area contributed by atoms with Crippen LogP contribution in [0.3, 0.4) is 0 Å². The van der Waals surface area contributed by atoms with Crippen molar-refractivity contribution in [3.05, 3.63) is 60.2 Å². The lowest BCUT2D eigenvalue weighted by Crippen LogP contribution is -2.42. The van der Waals surface area contributed by atoms with Gasteiger partial charge < -0.3 is 10.1 Å². The van der Waals surface area contributed by atoms with Crippen molar-refractivity contribution in [2.45, 2.75) is 39.3 Å². The fraction of sp³-hybridized carbons (Fsp3) is 0.300. The first-order valence-corrected chi connectivity index (χ1v) is 7.95. The Kier molecular flexibility index (Phi) is 5.39. The minimum Gasteiger partial charge on any atom is -0.458 e. The van der Waals surface area contributed by atoms with Crippen molar-refractivity contribution in [1.82, 2.24) is 5.32 Å². The number of carbonyl (C=O) groups excluding carboxylic acids is 2. The van der Waals surface area contributed by atoms with Crippen LogP contribution in [0.1, 0.15) is 38.1 Å². The van der Waals surface area contributed by atoms with Crippen LogP contribution in [-0.4, -0.2) is 23.5 Å². The Morgan fingerprint density at radius 3 is 2.00 bits per heavy atom. The molecule has 0 aliphatic rings. The summed E-state index contributed by atoms with van der Waals surface area (Å²) in [5, 5.41) is 2.66. The SMILES string of the molecule is CC(NC(=O)c1ccc(-c2ccccc2)cc1)C(=O)OC(C)(C)C. The fourth-order valence-electron chi connectivity index (χ4n) is 2.17. The third kappa shape index (κ3) is 4.95. The Morgan fingerprint density at radius 2 is 1.46 bits per heavy atom. The number of rotatable bonds is 4. The Labute approximate surface area is 142 Å². The molecule has 0 fully saturated rings. The summed E-state index contributed by atoms with van der Waals surface area (Å²) in [5.41, 5.74) is 2.05. The molecule has 1 atom stereocenters. The van der Waals surface area contributed by atoms with Crippen molar-refractivity contribution >= 4 is 11.9 Å². The van der Waals surface area contributed by atoms with E-state index in [4.69, 9.17) is 4.74 Å². The summed E-state index contributed by atoms with van der Waals surface area (Å²) in [6.07, 6.45) is 0. The lowest BCUT2D eigenvalue weighted by Gasteiger charge is -2.22. The van der Waals surface area contributed by atoms with E-state index >= 15 is 0 Å². The summed E-state index contributed by atoms with van der Waals surface area (Å²) in [4.78, 5) is 24.2. The molecule has 0 aromatic heterocycles. The number of hydrogen-bond donors (Lipinski definition) is 1. The summed E-state index contributed by atoms with van der Waals surface area (Å²) >= 11 is 0. The number of ether oxygens (including phenoxy) is 1. The Bertz CT molecular complexity index is 700. The highest BCUT2D eigenvalue weighted by Gasteiger charge is 2.23. The Hall–Kier alpha value is -2.62. The molecule has 1 amide bonds. The van der Waals surface area contributed by atoms with Gasteiger partial charge in [-0.15, -0.1) is 0 Å². The van der Waals surface area contributed by atoms with Gasteiger partial charge in [0.1, 0.15) is 11.6 Å². The summed E-state index contributed by atoms with van der Waals surface area (Å²) in [5.74, 6) is -0.746. The summed E-state index contributed by atoms with van der Waals surface area (Å²) in [7, 11) is 0. The largest absolute Gasteiger partial charge is 0.458 e. The second-order valence-electron chi connectivity index (χ2n) is 6.67. The number of benzene rings is 2. The topological polar surface area (TPSA) is 55.4 Å². The molecule has 126 valence electrons. The molecule has 0 radical (unpaired) electrons. The molecule has 0 aliphatic carbocycles. The van der Waals surface area contributed by atoms with Crippen molar-refractivity contribution in [3.63, 3.8) is 0 Å². The van der Waals surface area contributed by atoms with E-state index in [0.29, 0.717) is 5.56 Å². The van der Waals surface area contributed by atoms with Gasteiger partial charge in [0, 0.05) is 5.56 Å². The molecule has 2 aromatic rings. The highest BCUT2D eigenvalue weighted by Crippen LogP contribution is 2.19. The van der Waals surface area contributed by atoms with Gasteiger partial charge in [-0.1, -0.05) is 42.5 Å². The molecule has 0 saturated carbocycles. The van der Waals surface area contributed by atoms with Gasteiger partial charge >= 0.3 is 5.97 Å². The quantitative estimate of drug-likeness (QED) is 0.870. The highest BCUT2D eigenvalue weighted by atomic mass is 16.6. The second-order valence-corrected chi connectivity index (χ2v) is 6.67. The lowest BCUT2D eigenvalue weighted by atomic mass is 10.0. The van der Waals surface area contributed by atoms with Crippen LogP contribution in [0.2, 0.25) is 0 Å². The molecule has 24 heavy (non-hydrogen) atoms. The number of hydrogen-bond acceptors (Lipinski definition) is 3. The molecule has 0 bridgehead atoms. The van der Waals surface area contributed by atoms with Gasteiger partial charge in [0.05, 0.1) is 0 Å². The zero-order chi connectivity index (χ0) is 17.7. The van der Waals surface area contributed by atoms with Gasteiger partial charge in [0.2, 0.25) is 0 Å². The van der Waals surface area contributed by atoms with Crippen LogP contribution in [-0.2, 0) is 9.53 Å². The van der Waals surface area contributed by atoms with Crippen LogP contribution in [0.4, 0.5) is 0 Å². The smallest absolute Gasteiger partial charge is 0.328 e. The predicted octanol–water partition coefficient (Wildman–Crippen LogP) is 3.81. The molecule has 1 unspecified atom stereocenters. The maximum Gasteiger partial charge on any atom is 0.328 e. The fourth-order valence-corrected chi connectivity index (χ4v) is 2.17. The molecule has 4 nitrogen and oxygen atoms in total. The Morgan fingerprint density at radius 1 is 0.917 bits per heavy atom. The van der Waals surface area contributed by atoms with E-state index in [-0.39, 0.29) is 5.91 Å². The zero-order valence-electron chi connectivity index (χ0n) is 14.5. The van der Waals surface area contributed by atoms with Crippen molar-refractivity contribution < 1.29 is 14.3 Å². The molecule has 0 heterocycles. The molecule has 0 spiro atoms. The maximum atomic E-state index is 12.3. The first-order chi connectivity index (χ1) is 11.3. The van der Waals surface area contributed by atoms with E-state index in [1.165, 1.54) is 0 Å². The molecular weight excluding hydrogens is 302 g/mol. The molecule has 0 saturated heterocycles. The number of amides is 1. The van der Waals surface area contributed by atoms with Gasteiger partial charge in [0.25, 0.3) is 5.91 Å². The average molecular weight is 325 g/mol. The molecule has 2 rings (SSSR count). The predicted molar refractivity (Wildman–Crippen MR) is 94.7 cm³/mol. The third-order valence-corrected chi connectivity index (χ3v) is 3.36. The maximum absolute atomic E-state index is 12.3. The van der Waals surface area contributed by atoms with Crippen LogP contribution in [0.25, 0.3) is 11.1 Å². The van der Waals surface area contributed by atoms with Gasteiger partial charge in [-0.2, -0.15) is 0 Å². The van der Waals surface area contributed by atoms with Crippen molar-refractivity contribution in [3.8, 4) is 11.1 Å². The van der Waals surface area contributed by atoms with Crippen molar-refractivity contribution in [2.24, 2.45) is 0 Å². The number of carbonyl (C=O) groups is 2. The number of nitrogens with one attached hydrogen (secondary N) is 1. The molecule has 0 aliphatic heterocycles. The van der Waals surface area contributed by atoms with Crippen LogP contribution in [0, 0.1) is 0 Å². The van der Waals surface area contributed by atoms with Crippen LogP contribution in [0.15, 0.2) is 54.6 Å². The van der Waals surface area contributed by atoms with E-state index in [0.717, 1.165) is 11.1 Å². The van der Waals surface area contributed by atoms with Crippen LogP contribution in [0.5, 0.6) is 0 Å². The summed E-state index contributed by atoms with van der Waals surface area (Å²) in [6.45, 7) is 7.00. The monoisotopic (exact) mass is 325 g/mol. The van der Waals surface area contributed by atoms with Crippen LogP contribution < -0.4 is 5.32 Å². The molecule has 4 heteroatoms. The number of esters is 1. The second kappa shape index (κ2) is 7.30. The third-order valence-electron chi connectivity index (χ3n) is 3.36. The van der Waals surface area contributed by atoms with Crippen molar-refractivity contribution in [1.29, 1.82) is 0 Å². The highest BCUT2D eigenvalue weighted by molar-refractivity contribution is 5.97. The normalized spacial score (nSPS) is 12.3. The lowest BCUT2D eigenvalue weighted by molar-refractivity contribution is -0.156.